The molecule has 4 heteroatoms. The van der Waals surface area contributed by atoms with Crippen molar-refractivity contribution in [3.05, 3.63) is 34.2 Å². The first-order chi connectivity index (χ1) is 6.79. The van der Waals surface area contributed by atoms with E-state index in [4.69, 9.17) is 4.74 Å². The van der Waals surface area contributed by atoms with Gasteiger partial charge in [0.2, 0.25) is 0 Å². The summed E-state index contributed by atoms with van der Waals surface area (Å²) < 4.78 is 6.03. The van der Waals surface area contributed by atoms with Gasteiger partial charge in [0.15, 0.2) is 0 Å². The van der Waals surface area contributed by atoms with E-state index in [1.54, 1.807) is 33.8 Å². The van der Waals surface area contributed by atoms with E-state index in [1.807, 2.05) is 0 Å². The standard InChI is InChI=1S/C11H15NO3/c1-8-5-6-12(9(13)7-8)10(14)15-11(2,3)4/h5-7H,1-4H3. The molecule has 0 bridgehead atoms. The highest BCUT2D eigenvalue weighted by Gasteiger charge is 2.18. The van der Waals surface area contributed by atoms with Gasteiger partial charge in [0.1, 0.15) is 5.60 Å². The van der Waals surface area contributed by atoms with E-state index < -0.39 is 11.7 Å². The summed E-state index contributed by atoms with van der Waals surface area (Å²) in [7, 11) is 0. The highest BCUT2D eigenvalue weighted by atomic mass is 16.6. The number of carbonyl (C=O) groups excluding carboxylic acids is 1. The van der Waals surface area contributed by atoms with Gasteiger partial charge in [0, 0.05) is 12.3 Å². The molecule has 0 atom stereocenters. The number of pyridine rings is 1. The van der Waals surface area contributed by atoms with Crippen LogP contribution in [0, 0.1) is 6.92 Å². The van der Waals surface area contributed by atoms with Crippen LogP contribution in [0.2, 0.25) is 0 Å². The molecule has 0 aliphatic rings. The second kappa shape index (κ2) is 3.88. The third-order valence-corrected chi connectivity index (χ3v) is 1.67. The van der Waals surface area contributed by atoms with Crippen molar-refractivity contribution in [3.8, 4) is 0 Å². The van der Waals surface area contributed by atoms with Crippen LogP contribution in [0.4, 0.5) is 4.79 Å². The summed E-state index contributed by atoms with van der Waals surface area (Å²) in [5.74, 6) is 0. The van der Waals surface area contributed by atoms with Crippen molar-refractivity contribution in [2.24, 2.45) is 0 Å². The number of aromatic nitrogens is 1. The molecule has 4 nitrogen and oxygen atoms in total. The van der Waals surface area contributed by atoms with Crippen molar-refractivity contribution in [2.75, 3.05) is 0 Å². The molecule has 1 heterocycles. The lowest BCUT2D eigenvalue weighted by Gasteiger charge is -2.19. The Kier molecular flexibility index (Phi) is 2.98. The fourth-order valence-corrected chi connectivity index (χ4v) is 1.04. The fourth-order valence-electron chi connectivity index (χ4n) is 1.04. The lowest BCUT2D eigenvalue weighted by atomic mass is 10.2. The molecule has 82 valence electrons. The zero-order chi connectivity index (χ0) is 11.6. The molecule has 0 fully saturated rings. The molecule has 0 aliphatic heterocycles. The molecular formula is C11H15NO3. The smallest absolute Gasteiger partial charge is 0.421 e. The monoisotopic (exact) mass is 209 g/mol. The fraction of sp³-hybridized carbons (Fsp3) is 0.455. The van der Waals surface area contributed by atoms with Crippen LogP contribution in [0.3, 0.4) is 0 Å². The Morgan fingerprint density at radius 3 is 2.47 bits per heavy atom. The Hall–Kier alpha value is -1.58. The molecule has 1 rings (SSSR count). The number of ether oxygens (including phenoxy) is 1. The van der Waals surface area contributed by atoms with Crippen molar-refractivity contribution in [1.82, 2.24) is 4.57 Å². The normalized spacial score (nSPS) is 11.2. The van der Waals surface area contributed by atoms with E-state index in [0.717, 1.165) is 10.1 Å². The molecule has 0 aromatic carbocycles. The van der Waals surface area contributed by atoms with Crippen LogP contribution in [0.1, 0.15) is 26.3 Å². The average Bonchev–Trinajstić information content (AvgIpc) is 1.99. The van der Waals surface area contributed by atoms with E-state index in [0.29, 0.717) is 0 Å². The van der Waals surface area contributed by atoms with Gasteiger partial charge >= 0.3 is 6.09 Å². The minimum Gasteiger partial charge on any atom is -0.443 e. The summed E-state index contributed by atoms with van der Waals surface area (Å²) in [5, 5.41) is 0. The second-order valence-corrected chi connectivity index (χ2v) is 4.39. The Morgan fingerprint density at radius 1 is 1.40 bits per heavy atom. The van der Waals surface area contributed by atoms with Gasteiger partial charge in [-0.05, 0) is 39.3 Å². The van der Waals surface area contributed by atoms with E-state index >= 15 is 0 Å². The van der Waals surface area contributed by atoms with Crippen molar-refractivity contribution in [2.45, 2.75) is 33.3 Å². The number of rotatable bonds is 0. The number of nitrogens with zero attached hydrogens (tertiary/aromatic N) is 1. The van der Waals surface area contributed by atoms with Crippen LogP contribution < -0.4 is 5.56 Å². The molecule has 0 spiro atoms. The minimum absolute atomic E-state index is 0.371. The molecular weight excluding hydrogens is 194 g/mol. The van der Waals surface area contributed by atoms with Crippen LogP contribution in [-0.4, -0.2) is 16.3 Å². The Morgan fingerprint density at radius 2 is 2.00 bits per heavy atom. The zero-order valence-electron chi connectivity index (χ0n) is 9.40. The molecule has 1 aromatic heterocycles. The molecule has 0 saturated heterocycles. The topological polar surface area (TPSA) is 48.3 Å². The van der Waals surface area contributed by atoms with Gasteiger partial charge in [-0.25, -0.2) is 9.36 Å². The summed E-state index contributed by atoms with van der Waals surface area (Å²) >= 11 is 0. The lowest BCUT2D eigenvalue weighted by Crippen LogP contribution is -2.33. The largest absolute Gasteiger partial charge is 0.443 e. The second-order valence-electron chi connectivity index (χ2n) is 4.39. The van der Waals surface area contributed by atoms with E-state index in [9.17, 15) is 9.59 Å². The van der Waals surface area contributed by atoms with E-state index in [1.165, 1.54) is 12.3 Å². The van der Waals surface area contributed by atoms with Gasteiger partial charge in [-0.3, -0.25) is 4.79 Å². The summed E-state index contributed by atoms with van der Waals surface area (Å²) in [6, 6.07) is 3.08. The van der Waals surface area contributed by atoms with Crippen LogP contribution in [0.25, 0.3) is 0 Å². The summed E-state index contributed by atoms with van der Waals surface area (Å²) in [6.07, 6.45) is 0.777. The predicted molar refractivity (Wildman–Crippen MR) is 57.1 cm³/mol. The Balaban J connectivity index is 2.98. The third kappa shape index (κ3) is 3.23. The van der Waals surface area contributed by atoms with E-state index in [-0.39, 0.29) is 5.56 Å². The number of hydrogen-bond donors (Lipinski definition) is 0. The molecule has 1 aromatic rings. The molecule has 15 heavy (non-hydrogen) atoms. The van der Waals surface area contributed by atoms with Crippen LogP contribution in [0.5, 0.6) is 0 Å². The summed E-state index contributed by atoms with van der Waals surface area (Å²) in [4.78, 5) is 23.0. The minimum atomic E-state index is -0.646. The van der Waals surface area contributed by atoms with E-state index in [2.05, 4.69) is 0 Å². The number of carbonyl (C=O) groups is 1. The van der Waals surface area contributed by atoms with Gasteiger partial charge in [-0.15, -0.1) is 0 Å². The maximum Gasteiger partial charge on any atom is 0.421 e. The molecule has 0 radical (unpaired) electrons. The molecule has 0 amide bonds. The highest BCUT2D eigenvalue weighted by molar-refractivity contribution is 5.70. The Bertz CT molecular complexity index is 426. The van der Waals surface area contributed by atoms with Gasteiger partial charge in [-0.2, -0.15) is 0 Å². The van der Waals surface area contributed by atoms with Crippen LogP contribution in [0.15, 0.2) is 23.1 Å². The van der Waals surface area contributed by atoms with Gasteiger partial charge in [0.25, 0.3) is 5.56 Å². The average molecular weight is 209 g/mol. The van der Waals surface area contributed by atoms with Gasteiger partial charge < -0.3 is 4.74 Å². The molecule has 0 saturated carbocycles. The zero-order valence-corrected chi connectivity index (χ0v) is 9.40. The van der Waals surface area contributed by atoms with Gasteiger partial charge in [-0.1, -0.05) is 0 Å². The summed E-state index contributed by atoms with van der Waals surface area (Å²) in [5.41, 5.74) is -0.148. The Labute approximate surface area is 88.5 Å². The highest BCUT2D eigenvalue weighted by Crippen LogP contribution is 2.07. The van der Waals surface area contributed by atoms with Crippen molar-refractivity contribution in [3.63, 3.8) is 0 Å². The molecule has 0 unspecified atom stereocenters. The van der Waals surface area contributed by atoms with Crippen molar-refractivity contribution >= 4 is 6.09 Å². The third-order valence-electron chi connectivity index (χ3n) is 1.67. The quantitative estimate of drug-likeness (QED) is 0.656. The van der Waals surface area contributed by atoms with Gasteiger partial charge in [0.05, 0.1) is 0 Å². The molecule has 0 N–H and O–H groups in total. The first kappa shape index (κ1) is 11.5. The maximum absolute atomic E-state index is 11.5. The number of hydrogen-bond acceptors (Lipinski definition) is 3. The summed E-state index contributed by atoms with van der Waals surface area (Å²) in [6.45, 7) is 7.05. The first-order valence-corrected chi connectivity index (χ1v) is 4.72. The molecule has 0 aliphatic carbocycles. The van der Waals surface area contributed by atoms with Crippen molar-refractivity contribution < 1.29 is 9.53 Å². The van der Waals surface area contributed by atoms with Crippen LogP contribution >= 0.6 is 0 Å². The SMILES string of the molecule is Cc1ccn(C(=O)OC(C)(C)C)c(=O)c1. The first-order valence-electron chi connectivity index (χ1n) is 4.72. The predicted octanol–water partition coefficient (Wildman–Crippen LogP) is 1.94. The van der Waals surface area contributed by atoms with Crippen molar-refractivity contribution in [1.29, 1.82) is 0 Å². The lowest BCUT2D eigenvalue weighted by molar-refractivity contribution is 0.0530. The van der Waals surface area contributed by atoms with Crippen LogP contribution in [-0.2, 0) is 4.74 Å². The maximum atomic E-state index is 11.5. The number of aryl methyl sites for hydroxylation is 1.